The normalized spacial score (nSPS) is 15.6. The van der Waals surface area contributed by atoms with E-state index in [2.05, 4.69) is 20.9 Å². The van der Waals surface area contributed by atoms with Crippen molar-refractivity contribution in [1.82, 2.24) is 9.47 Å². The van der Waals surface area contributed by atoms with Crippen LogP contribution in [0, 0.1) is 0 Å². The molecule has 0 saturated heterocycles. The zero-order valence-corrected chi connectivity index (χ0v) is 16.8. The van der Waals surface area contributed by atoms with E-state index in [9.17, 15) is 4.79 Å². The molecule has 1 unspecified atom stereocenters. The van der Waals surface area contributed by atoms with Crippen molar-refractivity contribution >= 4 is 34.8 Å². The summed E-state index contributed by atoms with van der Waals surface area (Å²) in [6.07, 6.45) is 2.18. The number of nitrogens with zero attached hydrogens (tertiary/aromatic N) is 3. The highest BCUT2D eigenvalue weighted by Crippen LogP contribution is 2.38. The van der Waals surface area contributed by atoms with Gasteiger partial charge in [0.2, 0.25) is 11.9 Å². The van der Waals surface area contributed by atoms with E-state index in [1.165, 1.54) is 0 Å². The first kappa shape index (κ1) is 19.1. The Balaban J connectivity index is 1.79. The number of guanidine groups is 1. The van der Waals surface area contributed by atoms with Gasteiger partial charge in [-0.3, -0.25) is 4.79 Å². The number of hydrogen-bond donors (Lipinski definition) is 2. The van der Waals surface area contributed by atoms with Gasteiger partial charge in [-0.1, -0.05) is 41.9 Å². The molecular formula is C22H22ClN5O. The number of aliphatic imine (C=N–C) groups is 1. The Morgan fingerprint density at radius 3 is 2.62 bits per heavy atom. The average Bonchev–Trinajstić information content (AvgIpc) is 3.10. The van der Waals surface area contributed by atoms with Gasteiger partial charge in [-0.15, -0.1) is 0 Å². The standard InChI is InChI=1S/C22H22ClN5O/c1-27-12-6-7-15(27)14-28-20(13-21(24)29)16-8-2-4-10-18(16)25-22(28)26-19-11-5-3-9-17(19)23/h2-12,20H,13-14H2,1H3,(H2,24,29)(H,25,26). The fourth-order valence-electron chi connectivity index (χ4n) is 3.58. The molecule has 6 nitrogen and oxygen atoms in total. The number of aryl methyl sites for hydroxylation is 1. The SMILES string of the molecule is Cn1cccc1CN1C(Nc2ccccc2Cl)=Nc2ccccc2C1CC(N)=O. The number of rotatable bonds is 5. The monoisotopic (exact) mass is 407 g/mol. The maximum absolute atomic E-state index is 11.9. The number of primary amides is 1. The van der Waals surface area contributed by atoms with Crippen LogP contribution in [-0.4, -0.2) is 21.3 Å². The predicted molar refractivity (Wildman–Crippen MR) is 116 cm³/mol. The van der Waals surface area contributed by atoms with Gasteiger partial charge >= 0.3 is 0 Å². The second-order valence-corrected chi connectivity index (χ2v) is 7.43. The van der Waals surface area contributed by atoms with Gasteiger partial charge in [-0.2, -0.15) is 0 Å². The molecule has 0 saturated carbocycles. The van der Waals surface area contributed by atoms with Crippen molar-refractivity contribution < 1.29 is 4.79 Å². The largest absolute Gasteiger partial charge is 0.370 e. The molecular weight excluding hydrogens is 386 g/mol. The summed E-state index contributed by atoms with van der Waals surface area (Å²) in [7, 11) is 1.99. The van der Waals surface area contributed by atoms with Gasteiger partial charge < -0.3 is 20.5 Å². The molecule has 7 heteroatoms. The van der Waals surface area contributed by atoms with Crippen LogP contribution < -0.4 is 11.1 Å². The number of carbonyl (C=O) groups excluding carboxylic acids is 1. The lowest BCUT2D eigenvalue weighted by molar-refractivity contribution is -0.119. The summed E-state index contributed by atoms with van der Waals surface area (Å²) in [6, 6.07) is 19.1. The summed E-state index contributed by atoms with van der Waals surface area (Å²) in [5, 5.41) is 3.95. The highest BCUT2D eigenvalue weighted by molar-refractivity contribution is 6.33. The molecule has 1 aliphatic rings. The lowest BCUT2D eigenvalue weighted by atomic mass is 9.98. The Morgan fingerprint density at radius 2 is 1.90 bits per heavy atom. The number of amides is 1. The number of halogens is 1. The van der Waals surface area contributed by atoms with Gasteiger partial charge in [0.15, 0.2) is 0 Å². The summed E-state index contributed by atoms with van der Waals surface area (Å²) in [6.45, 7) is 0.562. The van der Waals surface area contributed by atoms with Gasteiger partial charge in [0.25, 0.3) is 0 Å². The van der Waals surface area contributed by atoms with Crippen LogP contribution in [0.1, 0.15) is 23.7 Å². The number of carbonyl (C=O) groups is 1. The van der Waals surface area contributed by atoms with Crippen molar-refractivity contribution in [3.8, 4) is 0 Å². The molecule has 0 fully saturated rings. The third-order valence-corrected chi connectivity index (χ3v) is 5.40. The van der Waals surface area contributed by atoms with E-state index in [-0.39, 0.29) is 18.4 Å². The Bertz CT molecular complexity index is 1070. The summed E-state index contributed by atoms with van der Waals surface area (Å²) >= 11 is 6.37. The predicted octanol–water partition coefficient (Wildman–Crippen LogP) is 4.21. The van der Waals surface area contributed by atoms with E-state index in [1.807, 2.05) is 67.8 Å². The van der Waals surface area contributed by atoms with Gasteiger partial charge in [0.05, 0.1) is 35.4 Å². The molecule has 1 aromatic heterocycles. The highest BCUT2D eigenvalue weighted by atomic mass is 35.5. The lowest BCUT2D eigenvalue weighted by Crippen LogP contribution is -2.42. The summed E-state index contributed by atoms with van der Waals surface area (Å²) in [5.41, 5.74) is 9.25. The van der Waals surface area contributed by atoms with Gasteiger partial charge in [-0.25, -0.2) is 4.99 Å². The Morgan fingerprint density at radius 1 is 1.14 bits per heavy atom. The molecule has 3 aromatic rings. The van der Waals surface area contributed by atoms with Crippen molar-refractivity contribution in [2.75, 3.05) is 5.32 Å². The minimum absolute atomic E-state index is 0.185. The number of hydrogen-bond acceptors (Lipinski definition) is 4. The van der Waals surface area contributed by atoms with Crippen LogP contribution in [-0.2, 0) is 18.4 Å². The second kappa shape index (κ2) is 8.01. The van der Waals surface area contributed by atoms with Crippen molar-refractivity contribution in [1.29, 1.82) is 0 Å². The lowest BCUT2D eigenvalue weighted by Gasteiger charge is -2.38. The molecule has 2 aromatic carbocycles. The fourth-order valence-corrected chi connectivity index (χ4v) is 3.76. The van der Waals surface area contributed by atoms with E-state index < -0.39 is 0 Å². The van der Waals surface area contributed by atoms with Crippen LogP contribution in [0.3, 0.4) is 0 Å². The summed E-state index contributed by atoms with van der Waals surface area (Å²) in [5.74, 6) is 0.268. The quantitative estimate of drug-likeness (QED) is 0.665. The molecule has 2 heterocycles. The number of anilines is 1. The fraction of sp³-hybridized carbons (Fsp3) is 0.182. The molecule has 4 rings (SSSR count). The first-order valence-corrected chi connectivity index (χ1v) is 9.75. The molecule has 0 radical (unpaired) electrons. The molecule has 1 atom stereocenters. The number of fused-ring (bicyclic) bond motifs is 1. The maximum Gasteiger partial charge on any atom is 0.219 e. The van der Waals surface area contributed by atoms with Crippen LogP contribution in [0.25, 0.3) is 0 Å². The topological polar surface area (TPSA) is 75.7 Å². The van der Waals surface area contributed by atoms with Crippen molar-refractivity contribution in [2.45, 2.75) is 19.0 Å². The Kier molecular flexibility index (Phi) is 5.27. The average molecular weight is 408 g/mol. The number of nitrogens with one attached hydrogen (secondary N) is 1. The maximum atomic E-state index is 11.9. The van der Waals surface area contributed by atoms with Gasteiger partial charge in [-0.05, 0) is 30.3 Å². The van der Waals surface area contributed by atoms with Crippen molar-refractivity contribution in [2.24, 2.45) is 17.8 Å². The molecule has 148 valence electrons. The van der Waals surface area contributed by atoms with E-state index in [4.69, 9.17) is 22.3 Å². The molecule has 0 bridgehead atoms. The molecule has 0 spiro atoms. The van der Waals surface area contributed by atoms with E-state index in [0.717, 1.165) is 22.6 Å². The third kappa shape index (κ3) is 3.98. The second-order valence-electron chi connectivity index (χ2n) is 7.02. The van der Waals surface area contributed by atoms with E-state index >= 15 is 0 Å². The highest BCUT2D eigenvalue weighted by Gasteiger charge is 2.32. The van der Waals surface area contributed by atoms with Crippen LogP contribution in [0.15, 0.2) is 71.9 Å². The van der Waals surface area contributed by atoms with Crippen LogP contribution in [0.5, 0.6) is 0 Å². The molecule has 0 aliphatic carbocycles. The van der Waals surface area contributed by atoms with Gasteiger partial charge in [0.1, 0.15) is 0 Å². The number of aromatic nitrogens is 1. The van der Waals surface area contributed by atoms with E-state index in [0.29, 0.717) is 17.5 Å². The first-order valence-electron chi connectivity index (χ1n) is 9.37. The molecule has 3 N–H and O–H groups in total. The van der Waals surface area contributed by atoms with Crippen LogP contribution in [0.4, 0.5) is 11.4 Å². The van der Waals surface area contributed by atoms with Crippen molar-refractivity contribution in [3.05, 3.63) is 83.1 Å². The van der Waals surface area contributed by atoms with Gasteiger partial charge in [0, 0.05) is 24.5 Å². The van der Waals surface area contributed by atoms with E-state index in [1.54, 1.807) is 0 Å². The molecule has 29 heavy (non-hydrogen) atoms. The summed E-state index contributed by atoms with van der Waals surface area (Å²) in [4.78, 5) is 18.8. The minimum Gasteiger partial charge on any atom is -0.370 e. The third-order valence-electron chi connectivity index (χ3n) is 5.07. The first-order chi connectivity index (χ1) is 14.0. The smallest absolute Gasteiger partial charge is 0.219 e. The number of nitrogens with two attached hydrogens (primary N) is 1. The van der Waals surface area contributed by atoms with Crippen LogP contribution >= 0.6 is 11.6 Å². The van der Waals surface area contributed by atoms with Crippen LogP contribution in [0.2, 0.25) is 5.02 Å². The Hall–Kier alpha value is -3.25. The zero-order valence-electron chi connectivity index (χ0n) is 16.0. The zero-order chi connectivity index (χ0) is 20.4. The molecule has 1 amide bonds. The number of benzene rings is 2. The minimum atomic E-state index is -0.360. The summed E-state index contributed by atoms with van der Waals surface area (Å²) < 4.78 is 2.05. The number of para-hydroxylation sites is 2. The van der Waals surface area contributed by atoms with Crippen molar-refractivity contribution in [3.63, 3.8) is 0 Å². The molecule has 1 aliphatic heterocycles. The Labute approximate surface area is 174 Å².